The molecule has 272 valence electrons. The Kier molecular flexibility index (Phi) is 35.4. The van der Waals surface area contributed by atoms with Crippen molar-refractivity contribution in [1.82, 2.24) is 0 Å². The summed E-state index contributed by atoms with van der Waals surface area (Å²) in [4.78, 5) is 18.1. The number of aliphatic hydroxyl groups excluding tert-OH is 1. The number of hydrogen-bond donors (Lipinski definition) is 3. The summed E-state index contributed by atoms with van der Waals surface area (Å²) >= 11 is 0. The lowest BCUT2D eigenvalue weighted by Crippen LogP contribution is -2.26. The van der Waals surface area contributed by atoms with Gasteiger partial charge in [0, 0.05) is 13.2 Å². The minimum Gasteiger partial charge on any atom is -0.390 e. The lowest BCUT2D eigenvalue weighted by Gasteiger charge is -2.23. The third-order valence-corrected chi connectivity index (χ3v) is 9.88. The molecule has 0 aliphatic heterocycles. The fourth-order valence-corrected chi connectivity index (χ4v) is 6.73. The second-order valence-corrected chi connectivity index (χ2v) is 15.1. The van der Waals surface area contributed by atoms with Gasteiger partial charge in [-0.15, -0.1) is 0 Å². The summed E-state index contributed by atoms with van der Waals surface area (Å²) in [6.45, 7) is 5.71. The number of rotatable bonds is 38. The Morgan fingerprint density at radius 2 is 0.778 bits per heavy atom. The summed E-state index contributed by atoms with van der Waals surface area (Å²) < 4.78 is 21.6. The van der Waals surface area contributed by atoms with Crippen molar-refractivity contribution in [2.45, 2.75) is 219 Å². The Bertz CT molecular complexity index is 613. The third-order valence-electron chi connectivity index (χ3n) is 9.39. The first kappa shape index (κ1) is 45.0. The van der Waals surface area contributed by atoms with Gasteiger partial charge in [-0.05, 0) is 31.6 Å². The highest BCUT2D eigenvalue weighted by atomic mass is 31.2. The monoisotopic (exact) mass is 663 g/mol. The fraction of sp³-hybridized carbons (Fsp3) is 1.00. The van der Waals surface area contributed by atoms with Crippen LogP contribution in [0.3, 0.4) is 0 Å². The molecule has 45 heavy (non-hydrogen) atoms. The van der Waals surface area contributed by atoms with Gasteiger partial charge in [-0.2, -0.15) is 0 Å². The minimum absolute atomic E-state index is 0.0150. The van der Waals surface area contributed by atoms with Gasteiger partial charge in [0.2, 0.25) is 0 Å². The first-order valence-electron chi connectivity index (χ1n) is 19.9. The van der Waals surface area contributed by atoms with Crippen LogP contribution in [0.25, 0.3) is 0 Å². The van der Waals surface area contributed by atoms with E-state index in [1.807, 2.05) is 0 Å². The quantitative estimate of drug-likeness (QED) is 0.0450. The van der Waals surface area contributed by atoms with E-state index in [2.05, 4.69) is 18.4 Å². The van der Waals surface area contributed by atoms with Gasteiger partial charge in [0.25, 0.3) is 0 Å². The van der Waals surface area contributed by atoms with Crippen LogP contribution < -0.4 is 0 Å². The summed E-state index contributed by atoms with van der Waals surface area (Å²) in [5, 5.41) is 10.6. The maximum atomic E-state index is 11.1. The maximum Gasteiger partial charge on any atom is 0.469 e. The molecule has 0 radical (unpaired) electrons. The molecule has 0 heterocycles. The molecule has 0 aromatic rings. The Labute approximate surface area is 280 Å². The fourth-order valence-electron chi connectivity index (χ4n) is 6.39. The van der Waals surface area contributed by atoms with Crippen LogP contribution in [-0.2, 0) is 13.8 Å². The highest BCUT2D eigenvalue weighted by molar-refractivity contribution is 7.46. The molecule has 0 amide bonds. The van der Waals surface area contributed by atoms with Gasteiger partial charge >= 0.3 is 7.82 Å². The predicted molar refractivity (Wildman–Crippen MR) is 193 cm³/mol. The zero-order chi connectivity index (χ0) is 33.1. The van der Waals surface area contributed by atoms with Crippen molar-refractivity contribution in [2.24, 2.45) is 5.92 Å². The zero-order valence-electron chi connectivity index (χ0n) is 30.2. The molecule has 6 nitrogen and oxygen atoms in total. The Morgan fingerprint density at radius 3 is 1.16 bits per heavy atom. The van der Waals surface area contributed by atoms with Crippen LogP contribution in [0.15, 0.2) is 0 Å². The molecule has 0 spiro atoms. The van der Waals surface area contributed by atoms with E-state index in [9.17, 15) is 9.67 Å². The number of unbranched alkanes of at least 4 members (excludes halogenated alkanes) is 26. The smallest absolute Gasteiger partial charge is 0.390 e. The predicted octanol–water partition coefficient (Wildman–Crippen LogP) is 12.2. The molecule has 0 aromatic heterocycles. The Morgan fingerprint density at radius 1 is 0.467 bits per heavy atom. The van der Waals surface area contributed by atoms with Crippen LogP contribution in [0.2, 0.25) is 0 Å². The minimum atomic E-state index is -4.57. The first-order valence-corrected chi connectivity index (χ1v) is 21.4. The zero-order valence-corrected chi connectivity index (χ0v) is 31.1. The van der Waals surface area contributed by atoms with Crippen molar-refractivity contribution in [3.63, 3.8) is 0 Å². The molecule has 2 unspecified atom stereocenters. The summed E-state index contributed by atoms with van der Waals surface area (Å²) in [5.41, 5.74) is 0. The summed E-state index contributed by atoms with van der Waals surface area (Å²) in [5.74, 6) is -0.0150. The molecular formula is C38H79O6P. The molecule has 7 heteroatoms. The highest BCUT2D eigenvalue weighted by Crippen LogP contribution is 2.36. The SMILES string of the molecule is CCCCCCCCCCCCCCCCCCOCCCC(CCCCCCCCCCCCCC)C(O)COP(=O)(O)O. The molecule has 2 atom stereocenters. The van der Waals surface area contributed by atoms with E-state index in [1.54, 1.807) is 0 Å². The van der Waals surface area contributed by atoms with Gasteiger partial charge in [-0.25, -0.2) is 4.57 Å². The van der Waals surface area contributed by atoms with Gasteiger partial charge in [-0.3, -0.25) is 4.52 Å². The standard InChI is InChI=1S/C38H79O6P/c1-3-5-7-9-11-13-15-17-18-19-20-22-24-26-28-30-34-43-35-31-33-37(38(39)36-44-45(40,41)42)32-29-27-25-23-21-16-14-12-10-8-6-4-2/h37-39H,3-36H2,1-2H3,(H2,40,41,42). The highest BCUT2D eigenvalue weighted by Gasteiger charge is 2.23. The molecule has 0 fully saturated rings. The number of phosphoric acid groups is 1. The van der Waals surface area contributed by atoms with Crippen LogP contribution in [0.1, 0.15) is 213 Å². The first-order chi connectivity index (χ1) is 21.9. The van der Waals surface area contributed by atoms with Crippen LogP contribution in [0.4, 0.5) is 0 Å². The molecule has 0 bridgehead atoms. The summed E-state index contributed by atoms with van der Waals surface area (Å²) in [6, 6.07) is 0. The topological polar surface area (TPSA) is 96.2 Å². The van der Waals surface area contributed by atoms with Crippen molar-refractivity contribution in [1.29, 1.82) is 0 Å². The van der Waals surface area contributed by atoms with Crippen LogP contribution in [0.5, 0.6) is 0 Å². The molecule has 0 rings (SSSR count). The van der Waals surface area contributed by atoms with E-state index in [1.165, 1.54) is 161 Å². The maximum absolute atomic E-state index is 11.1. The van der Waals surface area contributed by atoms with E-state index in [0.29, 0.717) is 6.61 Å². The lowest BCUT2D eigenvalue weighted by atomic mass is 9.91. The van der Waals surface area contributed by atoms with E-state index < -0.39 is 13.9 Å². The molecule has 0 aromatic carbocycles. The third kappa shape index (κ3) is 36.7. The molecule has 3 N–H and O–H groups in total. The van der Waals surface area contributed by atoms with Crippen LogP contribution in [0, 0.1) is 5.92 Å². The van der Waals surface area contributed by atoms with Crippen molar-refractivity contribution in [3.05, 3.63) is 0 Å². The van der Waals surface area contributed by atoms with E-state index >= 15 is 0 Å². The average molecular weight is 663 g/mol. The molecule has 0 aliphatic rings. The second-order valence-electron chi connectivity index (χ2n) is 13.8. The van der Waals surface area contributed by atoms with Crippen molar-refractivity contribution in [3.8, 4) is 0 Å². The van der Waals surface area contributed by atoms with Crippen LogP contribution >= 0.6 is 7.82 Å². The van der Waals surface area contributed by atoms with Gasteiger partial charge in [0.15, 0.2) is 0 Å². The average Bonchev–Trinajstić information content (AvgIpc) is 3.01. The van der Waals surface area contributed by atoms with Crippen molar-refractivity contribution >= 4 is 7.82 Å². The second kappa shape index (κ2) is 35.3. The van der Waals surface area contributed by atoms with E-state index in [0.717, 1.165) is 45.1 Å². The Balaban J connectivity index is 3.78. The largest absolute Gasteiger partial charge is 0.469 e. The van der Waals surface area contributed by atoms with Gasteiger partial charge < -0.3 is 19.6 Å². The normalized spacial score (nSPS) is 13.4. The number of hydrogen-bond acceptors (Lipinski definition) is 4. The van der Waals surface area contributed by atoms with Crippen molar-refractivity contribution in [2.75, 3.05) is 19.8 Å². The Hall–Kier alpha value is 0.0300. The van der Waals surface area contributed by atoms with Crippen molar-refractivity contribution < 1.29 is 28.7 Å². The van der Waals surface area contributed by atoms with Gasteiger partial charge in [-0.1, -0.05) is 187 Å². The van der Waals surface area contributed by atoms with E-state index in [4.69, 9.17) is 14.5 Å². The molecule has 0 saturated carbocycles. The van der Waals surface area contributed by atoms with Crippen LogP contribution in [-0.4, -0.2) is 40.8 Å². The summed E-state index contributed by atoms with van der Waals surface area (Å²) in [6.07, 6.45) is 39.0. The number of aliphatic hydroxyl groups is 1. The lowest BCUT2D eigenvalue weighted by molar-refractivity contribution is 0.0311. The molecular weight excluding hydrogens is 583 g/mol. The summed E-state index contributed by atoms with van der Waals surface area (Å²) in [7, 11) is -4.57. The van der Waals surface area contributed by atoms with Gasteiger partial charge in [0.1, 0.15) is 0 Å². The number of ether oxygens (including phenoxy) is 1. The van der Waals surface area contributed by atoms with Gasteiger partial charge in [0.05, 0.1) is 12.7 Å². The molecule has 0 aliphatic carbocycles. The number of phosphoric ester groups is 1. The van der Waals surface area contributed by atoms with E-state index in [-0.39, 0.29) is 12.5 Å². The molecule has 0 saturated heterocycles.